The van der Waals surface area contributed by atoms with Crippen molar-refractivity contribution in [1.29, 1.82) is 0 Å². The average Bonchev–Trinajstić information content (AvgIpc) is 2.96. The maximum atomic E-state index is 11.3. The first-order chi connectivity index (χ1) is 13.4. The van der Waals surface area contributed by atoms with Gasteiger partial charge in [-0.3, -0.25) is 0 Å². The second-order valence-electron chi connectivity index (χ2n) is 5.41. The van der Waals surface area contributed by atoms with Crippen LogP contribution >= 0.6 is 11.3 Å². The van der Waals surface area contributed by atoms with Crippen molar-refractivity contribution in [3.63, 3.8) is 0 Å². The Morgan fingerprint density at radius 2 is 1.62 bits per heavy atom. The molecule has 0 aliphatic heterocycles. The Kier molecular flexibility index (Phi) is 8.16. The van der Waals surface area contributed by atoms with E-state index in [4.69, 9.17) is 25.5 Å². The second kappa shape index (κ2) is 9.89. The Labute approximate surface area is 166 Å². The molecule has 0 fully saturated rings. The molecule has 0 saturated heterocycles. The highest BCUT2D eigenvalue weighted by Gasteiger charge is 2.38. The second-order valence-corrected chi connectivity index (χ2v) is 6.43. The van der Waals surface area contributed by atoms with Gasteiger partial charge >= 0.3 is 24.1 Å². The fourth-order valence-corrected chi connectivity index (χ4v) is 3.11. The number of hydrogen-bond donors (Lipinski definition) is 4. The molecule has 0 amide bonds. The van der Waals surface area contributed by atoms with Crippen molar-refractivity contribution < 1.29 is 47.6 Å². The summed E-state index contributed by atoms with van der Waals surface area (Å²) in [5.74, 6) is -4.94. The Balaban J connectivity index is 0.000000516. The highest BCUT2D eigenvalue weighted by molar-refractivity contribution is 7.18. The van der Waals surface area contributed by atoms with Gasteiger partial charge < -0.3 is 25.8 Å². The number of ether oxygens (including phenoxy) is 1. The summed E-state index contributed by atoms with van der Waals surface area (Å²) in [5.41, 5.74) is 7.98. The zero-order chi connectivity index (χ0) is 22.4. The van der Waals surface area contributed by atoms with Crippen molar-refractivity contribution >= 4 is 29.2 Å². The first kappa shape index (κ1) is 23.9. The minimum atomic E-state index is -5.08. The average molecular weight is 435 g/mol. The first-order valence-electron chi connectivity index (χ1n) is 7.69. The van der Waals surface area contributed by atoms with Crippen molar-refractivity contribution in [3.8, 4) is 16.2 Å². The number of benzene rings is 1. The van der Waals surface area contributed by atoms with Crippen LogP contribution in [0, 0.1) is 6.92 Å². The summed E-state index contributed by atoms with van der Waals surface area (Å²) in [5, 5.41) is 25.1. The van der Waals surface area contributed by atoms with Crippen molar-refractivity contribution in [2.45, 2.75) is 19.6 Å². The normalized spacial score (nSPS) is 10.7. The quantitative estimate of drug-likeness (QED) is 0.541. The lowest BCUT2D eigenvalue weighted by Gasteiger charge is -2.05. The molecule has 29 heavy (non-hydrogen) atoms. The van der Waals surface area contributed by atoms with Gasteiger partial charge in [0.1, 0.15) is 5.75 Å². The smallest absolute Gasteiger partial charge is 0.480 e. The summed E-state index contributed by atoms with van der Waals surface area (Å²) in [4.78, 5) is 31.6. The number of carbonyl (C=O) groups is 3. The van der Waals surface area contributed by atoms with Crippen LogP contribution < -0.4 is 10.5 Å². The highest BCUT2D eigenvalue weighted by Crippen LogP contribution is 2.41. The first-order valence-corrected chi connectivity index (χ1v) is 8.50. The monoisotopic (exact) mass is 435 g/mol. The molecule has 12 heteroatoms. The zero-order valence-corrected chi connectivity index (χ0v) is 15.6. The molecule has 0 spiro atoms. The number of hydrogen-bond acceptors (Lipinski definition) is 6. The van der Waals surface area contributed by atoms with E-state index in [-0.39, 0.29) is 10.6 Å². The largest absolute Gasteiger partial charge is 0.490 e. The summed E-state index contributed by atoms with van der Waals surface area (Å²) in [6.45, 7) is 1.56. The molecule has 1 heterocycles. The highest BCUT2D eigenvalue weighted by atomic mass is 32.1. The Bertz CT molecular complexity index is 892. The number of aliphatic carboxylic acids is 2. The van der Waals surface area contributed by atoms with E-state index < -0.39 is 30.7 Å². The molecule has 0 bridgehead atoms. The van der Waals surface area contributed by atoms with E-state index in [1.807, 2.05) is 24.3 Å². The Hall–Kier alpha value is -3.12. The Morgan fingerprint density at radius 1 is 1.10 bits per heavy atom. The van der Waals surface area contributed by atoms with Crippen LogP contribution in [0.4, 0.5) is 13.2 Å². The van der Waals surface area contributed by atoms with E-state index in [2.05, 4.69) is 0 Å². The van der Waals surface area contributed by atoms with E-state index >= 15 is 0 Å². The molecule has 8 nitrogen and oxygen atoms in total. The van der Waals surface area contributed by atoms with Gasteiger partial charge in [-0.2, -0.15) is 13.2 Å². The number of nitrogens with two attached hydrogens (primary N) is 1. The van der Waals surface area contributed by atoms with Crippen molar-refractivity contribution in [2.75, 3.05) is 6.61 Å². The lowest BCUT2D eigenvalue weighted by molar-refractivity contribution is -0.192. The summed E-state index contributed by atoms with van der Waals surface area (Å²) in [7, 11) is 0. The van der Waals surface area contributed by atoms with Crippen LogP contribution in [0.1, 0.15) is 20.8 Å². The number of halogens is 3. The van der Waals surface area contributed by atoms with E-state index in [0.717, 1.165) is 27.3 Å². The standard InChI is InChI=1S/C15H15NO5S.C2HF3O2/c1-8-12(21-7-11(17)18)14(15(19)20)22-13(8)10-4-2-9(6-16)3-5-10;3-2(4,5)1(6)7/h2-5H,6-7,16H2,1H3,(H,17,18)(H,19,20);(H,6,7). The van der Waals surface area contributed by atoms with Gasteiger partial charge in [0, 0.05) is 17.0 Å². The molecular formula is C17H16F3NO7S. The van der Waals surface area contributed by atoms with E-state index in [1.54, 1.807) is 6.92 Å². The summed E-state index contributed by atoms with van der Waals surface area (Å²) < 4.78 is 36.9. The molecule has 1 aromatic carbocycles. The van der Waals surface area contributed by atoms with Gasteiger partial charge in [0.15, 0.2) is 11.5 Å². The van der Waals surface area contributed by atoms with Gasteiger partial charge in [0.2, 0.25) is 0 Å². The molecule has 5 N–H and O–H groups in total. The van der Waals surface area contributed by atoms with E-state index in [0.29, 0.717) is 12.1 Å². The lowest BCUT2D eigenvalue weighted by Crippen LogP contribution is -2.21. The van der Waals surface area contributed by atoms with Crippen LogP contribution in [0.5, 0.6) is 5.75 Å². The number of aromatic carboxylic acids is 1. The van der Waals surface area contributed by atoms with E-state index in [1.165, 1.54) is 0 Å². The van der Waals surface area contributed by atoms with Crippen molar-refractivity contribution in [1.82, 2.24) is 0 Å². The minimum Gasteiger partial charge on any atom is -0.480 e. The summed E-state index contributed by atoms with van der Waals surface area (Å²) in [6, 6.07) is 7.45. The molecule has 0 aliphatic carbocycles. The van der Waals surface area contributed by atoms with Gasteiger partial charge in [0.25, 0.3) is 0 Å². The van der Waals surface area contributed by atoms with Crippen LogP contribution in [0.3, 0.4) is 0 Å². The maximum absolute atomic E-state index is 11.3. The Morgan fingerprint density at radius 3 is 2.00 bits per heavy atom. The third kappa shape index (κ3) is 6.76. The summed E-state index contributed by atoms with van der Waals surface area (Å²) >= 11 is 1.06. The van der Waals surface area contributed by atoms with Crippen LogP contribution in [0.2, 0.25) is 0 Å². The molecule has 2 aromatic rings. The van der Waals surface area contributed by atoms with Gasteiger partial charge in [-0.25, -0.2) is 14.4 Å². The number of carboxylic acid groups (broad SMARTS) is 3. The number of carboxylic acids is 3. The molecule has 158 valence electrons. The molecule has 1 aromatic heterocycles. The van der Waals surface area contributed by atoms with E-state index in [9.17, 15) is 27.9 Å². The molecule has 0 saturated carbocycles. The summed E-state index contributed by atoms with van der Waals surface area (Å²) in [6.07, 6.45) is -5.08. The third-order valence-electron chi connectivity index (χ3n) is 3.32. The van der Waals surface area contributed by atoms with Crippen LogP contribution in [-0.2, 0) is 16.1 Å². The predicted molar refractivity (Wildman–Crippen MR) is 96.2 cm³/mol. The molecular weight excluding hydrogens is 419 g/mol. The van der Waals surface area contributed by atoms with Crippen LogP contribution in [0.25, 0.3) is 10.4 Å². The van der Waals surface area contributed by atoms with Gasteiger partial charge in [-0.1, -0.05) is 24.3 Å². The SMILES string of the molecule is Cc1c(-c2ccc(CN)cc2)sc(C(=O)O)c1OCC(=O)O.O=C(O)C(F)(F)F. The number of thiophene rings is 1. The molecule has 0 radical (unpaired) electrons. The lowest BCUT2D eigenvalue weighted by atomic mass is 10.1. The predicted octanol–water partition coefficient (Wildman–Crippen LogP) is 2.98. The molecule has 0 unspecified atom stereocenters. The molecule has 2 rings (SSSR count). The number of rotatable bonds is 6. The van der Waals surface area contributed by atoms with Crippen LogP contribution in [-0.4, -0.2) is 46.0 Å². The fourth-order valence-electron chi connectivity index (χ4n) is 2.01. The topological polar surface area (TPSA) is 147 Å². The fraction of sp³-hybridized carbons (Fsp3) is 0.235. The zero-order valence-electron chi connectivity index (χ0n) is 14.8. The molecule has 0 aliphatic rings. The maximum Gasteiger partial charge on any atom is 0.490 e. The van der Waals surface area contributed by atoms with Crippen LogP contribution in [0.15, 0.2) is 24.3 Å². The van der Waals surface area contributed by atoms with Crippen molar-refractivity contribution in [2.24, 2.45) is 5.73 Å². The van der Waals surface area contributed by atoms with Gasteiger partial charge in [0.05, 0.1) is 0 Å². The minimum absolute atomic E-state index is 0.00310. The van der Waals surface area contributed by atoms with Crippen molar-refractivity contribution in [3.05, 3.63) is 40.3 Å². The van der Waals surface area contributed by atoms with Gasteiger partial charge in [-0.15, -0.1) is 11.3 Å². The molecule has 0 atom stereocenters. The third-order valence-corrected chi connectivity index (χ3v) is 4.63. The van der Waals surface area contributed by atoms with Gasteiger partial charge in [-0.05, 0) is 18.1 Å². The number of alkyl halides is 3.